The van der Waals surface area contributed by atoms with Gasteiger partial charge in [0, 0.05) is 29.2 Å². The monoisotopic (exact) mass is 471 g/mol. The van der Waals surface area contributed by atoms with Crippen LogP contribution in [0.5, 0.6) is 10.8 Å². The van der Waals surface area contributed by atoms with Gasteiger partial charge in [0.25, 0.3) is 0 Å². The average Bonchev–Trinajstić information content (AvgIpc) is 3.18. The van der Waals surface area contributed by atoms with Crippen LogP contribution in [-0.2, 0) is 6.18 Å². The highest BCUT2D eigenvalue weighted by Gasteiger charge is 2.37. The maximum absolute atomic E-state index is 13.3. The Hall–Kier alpha value is -3.99. The molecule has 4 aromatic rings. The molecule has 1 aromatic carbocycles. The van der Waals surface area contributed by atoms with Crippen molar-refractivity contribution in [2.24, 2.45) is 5.73 Å². The molecular weight excluding hydrogens is 455 g/mol. The van der Waals surface area contributed by atoms with Gasteiger partial charge in [-0.2, -0.15) is 13.2 Å². The Morgan fingerprint density at radius 2 is 1.88 bits per heavy atom. The molecule has 3 N–H and O–H groups in total. The van der Waals surface area contributed by atoms with Gasteiger partial charge in [-0.25, -0.2) is 9.97 Å². The Labute approximate surface area is 190 Å². The molecule has 0 atom stereocenters. The number of aryl methyl sites for hydroxylation is 1. The number of nitrogens with zero attached hydrogens (tertiary/aromatic N) is 3. The molecule has 0 aliphatic rings. The molecular formula is C22H16F3N5O2S. The third-order valence-corrected chi connectivity index (χ3v) is 5.31. The highest BCUT2D eigenvalue weighted by atomic mass is 32.1. The van der Waals surface area contributed by atoms with Crippen molar-refractivity contribution in [3.05, 3.63) is 77.1 Å². The number of benzene rings is 1. The first-order chi connectivity index (χ1) is 15.7. The minimum atomic E-state index is -4.62. The summed E-state index contributed by atoms with van der Waals surface area (Å²) < 4.78 is 45.8. The fourth-order valence-corrected chi connectivity index (χ4v) is 3.69. The lowest BCUT2D eigenvalue weighted by molar-refractivity contribution is -0.137. The van der Waals surface area contributed by atoms with E-state index in [2.05, 4.69) is 20.3 Å². The molecule has 1 amide bonds. The van der Waals surface area contributed by atoms with Gasteiger partial charge in [0.2, 0.25) is 16.0 Å². The maximum atomic E-state index is 13.3. The van der Waals surface area contributed by atoms with Gasteiger partial charge in [-0.05, 0) is 43.3 Å². The van der Waals surface area contributed by atoms with E-state index in [0.29, 0.717) is 34.1 Å². The molecule has 0 spiro atoms. The summed E-state index contributed by atoms with van der Waals surface area (Å²) in [7, 11) is 0. The van der Waals surface area contributed by atoms with Crippen LogP contribution >= 0.6 is 11.3 Å². The van der Waals surface area contributed by atoms with E-state index >= 15 is 0 Å². The number of carbonyl (C=O) groups is 1. The maximum Gasteiger partial charge on any atom is 0.443 e. The Morgan fingerprint density at radius 1 is 1.09 bits per heavy atom. The van der Waals surface area contributed by atoms with Crippen LogP contribution in [0.1, 0.15) is 21.1 Å². The highest BCUT2D eigenvalue weighted by molar-refractivity contribution is 7.14. The van der Waals surface area contributed by atoms with E-state index in [9.17, 15) is 18.0 Å². The molecule has 0 aliphatic heterocycles. The summed E-state index contributed by atoms with van der Waals surface area (Å²) in [5.41, 5.74) is 7.06. The Morgan fingerprint density at radius 3 is 2.61 bits per heavy atom. The van der Waals surface area contributed by atoms with E-state index in [-0.39, 0.29) is 22.2 Å². The third kappa shape index (κ3) is 5.26. The standard InChI is InChI=1S/C22H16F3N5O2S/c1-12-4-2-7-16(28-12)18-20(33-21(30-18)22(23,24)25)32-15-8-9-27-17(11-15)29-14-6-3-5-13(10-14)19(26)31/h2-11H,1H3,(H2,26,31)(H,27,29). The predicted molar refractivity (Wildman–Crippen MR) is 118 cm³/mol. The number of nitrogens with one attached hydrogen (secondary N) is 1. The molecule has 0 aliphatic carbocycles. The lowest BCUT2D eigenvalue weighted by atomic mass is 10.2. The Kier molecular flexibility index (Phi) is 5.97. The highest BCUT2D eigenvalue weighted by Crippen LogP contribution is 2.43. The molecule has 0 fully saturated rings. The lowest BCUT2D eigenvalue weighted by Gasteiger charge is -2.09. The number of aromatic nitrogens is 3. The topological polar surface area (TPSA) is 103 Å². The quantitative estimate of drug-likeness (QED) is 0.382. The number of hydrogen-bond donors (Lipinski definition) is 2. The second-order valence-corrected chi connectivity index (χ2v) is 7.83. The number of anilines is 2. The van der Waals surface area contributed by atoms with Crippen LogP contribution in [0, 0.1) is 6.92 Å². The summed E-state index contributed by atoms with van der Waals surface area (Å²) in [4.78, 5) is 23.6. The minimum Gasteiger partial charge on any atom is -0.444 e. The summed E-state index contributed by atoms with van der Waals surface area (Å²) in [5, 5.41) is 1.92. The number of nitrogens with two attached hydrogens (primary N) is 1. The van der Waals surface area contributed by atoms with Gasteiger partial charge in [-0.15, -0.1) is 0 Å². The van der Waals surface area contributed by atoms with E-state index in [1.165, 1.54) is 18.3 Å². The van der Waals surface area contributed by atoms with Crippen molar-refractivity contribution in [3.63, 3.8) is 0 Å². The van der Waals surface area contributed by atoms with Crippen LogP contribution < -0.4 is 15.8 Å². The van der Waals surface area contributed by atoms with E-state index in [4.69, 9.17) is 10.5 Å². The van der Waals surface area contributed by atoms with Gasteiger partial charge in [0.1, 0.15) is 17.3 Å². The molecule has 0 radical (unpaired) electrons. The molecule has 3 aromatic heterocycles. The number of thiazole rings is 1. The van der Waals surface area contributed by atoms with E-state index in [1.54, 1.807) is 49.4 Å². The van der Waals surface area contributed by atoms with Crippen molar-refractivity contribution in [2.75, 3.05) is 5.32 Å². The number of amides is 1. The van der Waals surface area contributed by atoms with Crippen molar-refractivity contribution in [1.82, 2.24) is 15.0 Å². The van der Waals surface area contributed by atoms with Gasteiger partial charge >= 0.3 is 6.18 Å². The van der Waals surface area contributed by atoms with E-state index in [0.717, 1.165) is 0 Å². The zero-order valence-corrected chi connectivity index (χ0v) is 17.9. The van der Waals surface area contributed by atoms with Crippen molar-refractivity contribution in [2.45, 2.75) is 13.1 Å². The number of rotatable bonds is 6. The second kappa shape index (κ2) is 8.87. The first-order valence-corrected chi connectivity index (χ1v) is 10.3. The number of ether oxygens (including phenoxy) is 1. The van der Waals surface area contributed by atoms with Gasteiger partial charge in [-0.1, -0.05) is 23.5 Å². The number of hydrogen-bond acceptors (Lipinski definition) is 7. The van der Waals surface area contributed by atoms with Crippen LogP contribution in [0.25, 0.3) is 11.4 Å². The molecule has 0 saturated heterocycles. The van der Waals surface area contributed by atoms with Gasteiger partial charge in [0.15, 0.2) is 0 Å². The van der Waals surface area contributed by atoms with Gasteiger partial charge in [0.05, 0.1) is 5.69 Å². The van der Waals surface area contributed by atoms with Crippen molar-refractivity contribution in [1.29, 1.82) is 0 Å². The largest absolute Gasteiger partial charge is 0.444 e. The summed E-state index contributed by atoms with van der Waals surface area (Å²) in [6, 6.07) is 14.5. The second-order valence-electron chi connectivity index (χ2n) is 6.87. The summed E-state index contributed by atoms with van der Waals surface area (Å²) in [6.07, 6.45) is -3.19. The van der Waals surface area contributed by atoms with Crippen LogP contribution in [0.4, 0.5) is 24.7 Å². The Bertz CT molecular complexity index is 1320. The number of pyridine rings is 2. The van der Waals surface area contributed by atoms with Crippen molar-refractivity contribution < 1.29 is 22.7 Å². The predicted octanol–water partition coefficient (Wildman–Crippen LogP) is 5.56. The normalized spacial score (nSPS) is 11.3. The lowest BCUT2D eigenvalue weighted by Crippen LogP contribution is -2.10. The molecule has 168 valence electrons. The first kappa shape index (κ1) is 22.2. The molecule has 11 heteroatoms. The van der Waals surface area contributed by atoms with Crippen molar-refractivity contribution >= 4 is 28.7 Å². The first-order valence-electron chi connectivity index (χ1n) is 9.52. The SMILES string of the molecule is Cc1cccc(-c2nc(C(F)(F)F)sc2Oc2ccnc(Nc3cccc(C(N)=O)c3)c2)n1. The molecule has 3 heterocycles. The van der Waals surface area contributed by atoms with E-state index in [1.807, 2.05) is 0 Å². The number of alkyl halides is 3. The third-order valence-electron chi connectivity index (χ3n) is 4.33. The molecule has 7 nitrogen and oxygen atoms in total. The van der Waals surface area contributed by atoms with Crippen LogP contribution in [0.15, 0.2) is 60.8 Å². The molecule has 0 saturated carbocycles. The van der Waals surface area contributed by atoms with Crippen LogP contribution in [0.3, 0.4) is 0 Å². The zero-order valence-electron chi connectivity index (χ0n) is 17.1. The molecule has 33 heavy (non-hydrogen) atoms. The molecule has 0 unspecified atom stereocenters. The van der Waals surface area contributed by atoms with Crippen molar-refractivity contribution in [3.8, 4) is 22.2 Å². The average molecular weight is 471 g/mol. The van der Waals surface area contributed by atoms with Gasteiger partial charge < -0.3 is 15.8 Å². The summed E-state index contributed by atoms with van der Waals surface area (Å²) in [5.74, 6) is 0.0152. The smallest absolute Gasteiger partial charge is 0.443 e. The molecule has 4 rings (SSSR count). The number of primary amides is 1. The summed E-state index contributed by atoms with van der Waals surface area (Å²) in [6.45, 7) is 1.73. The zero-order chi connectivity index (χ0) is 23.6. The summed E-state index contributed by atoms with van der Waals surface area (Å²) >= 11 is 0.386. The minimum absolute atomic E-state index is 0.00324. The number of carbonyl (C=O) groups excluding carboxylic acids is 1. The molecule has 0 bridgehead atoms. The number of halogens is 3. The van der Waals surface area contributed by atoms with Crippen LogP contribution in [-0.4, -0.2) is 20.9 Å². The fourth-order valence-electron chi connectivity index (χ4n) is 2.88. The van der Waals surface area contributed by atoms with Crippen LogP contribution in [0.2, 0.25) is 0 Å². The Balaban J connectivity index is 1.65. The fraction of sp³-hybridized carbons (Fsp3) is 0.0909. The van der Waals surface area contributed by atoms with E-state index < -0.39 is 17.1 Å². The van der Waals surface area contributed by atoms with Gasteiger partial charge in [-0.3, -0.25) is 9.78 Å².